The number of cyclic esters (lactones) is 1. The van der Waals surface area contributed by atoms with E-state index in [1.54, 1.807) is 25.3 Å². The van der Waals surface area contributed by atoms with E-state index in [9.17, 15) is 4.79 Å². The number of carbonyl (C=O) groups excluding carboxylic acids is 1. The molecular weight excluding hydrogens is 386 g/mol. The molecule has 7 nitrogen and oxygen atoms in total. The number of ether oxygens (including phenoxy) is 4. The molecule has 1 aliphatic rings. The molecule has 1 aliphatic heterocycles. The molecule has 0 aliphatic carbocycles. The number of aliphatic imine (C=N–C) groups is 1. The van der Waals surface area contributed by atoms with E-state index in [-0.39, 0.29) is 11.6 Å². The summed E-state index contributed by atoms with van der Waals surface area (Å²) in [5.41, 5.74) is 0.956. The zero-order valence-electron chi connectivity index (χ0n) is 16.2. The molecule has 0 saturated carbocycles. The van der Waals surface area contributed by atoms with Gasteiger partial charge in [0.2, 0.25) is 0 Å². The van der Waals surface area contributed by atoms with Crippen LogP contribution in [0.5, 0.6) is 17.2 Å². The van der Waals surface area contributed by atoms with Crippen LogP contribution in [0.2, 0.25) is 0 Å². The first-order valence-electron chi connectivity index (χ1n) is 9.27. The number of nitrogens with zero attached hydrogens (tertiary/aromatic N) is 1. The monoisotopic (exact) mass is 405 g/mol. The summed E-state index contributed by atoms with van der Waals surface area (Å²) in [7, 11) is 1.61. The maximum absolute atomic E-state index is 12.1. The SMILES string of the molecule is COc1cccc(OCCOc2cccc(/C=C3/N=C(c4ccco4)OC3=O)c2)c1. The Morgan fingerprint density at radius 1 is 0.933 bits per heavy atom. The van der Waals surface area contributed by atoms with Crippen molar-refractivity contribution in [2.75, 3.05) is 20.3 Å². The summed E-state index contributed by atoms with van der Waals surface area (Å²) < 4.78 is 26.9. The average molecular weight is 405 g/mol. The topological polar surface area (TPSA) is 79.5 Å². The molecule has 152 valence electrons. The number of furan rings is 1. The van der Waals surface area contributed by atoms with Crippen molar-refractivity contribution in [3.63, 3.8) is 0 Å². The van der Waals surface area contributed by atoms with Gasteiger partial charge in [-0.1, -0.05) is 18.2 Å². The van der Waals surface area contributed by atoms with E-state index in [1.165, 1.54) is 6.26 Å². The van der Waals surface area contributed by atoms with E-state index in [4.69, 9.17) is 23.4 Å². The number of benzene rings is 2. The number of hydrogen-bond donors (Lipinski definition) is 0. The molecule has 0 bridgehead atoms. The fourth-order valence-corrected chi connectivity index (χ4v) is 2.78. The number of methoxy groups -OCH3 is 1. The highest BCUT2D eigenvalue weighted by atomic mass is 16.6. The van der Waals surface area contributed by atoms with Crippen molar-refractivity contribution in [2.45, 2.75) is 0 Å². The molecule has 30 heavy (non-hydrogen) atoms. The van der Waals surface area contributed by atoms with Gasteiger partial charge in [0.25, 0.3) is 5.90 Å². The van der Waals surface area contributed by atoms with Crippen molar-refractivity contribution in [3.05, 3.63) is 83.9 Å². The van der Waals surface area contributed by atoms with Gasteiger partial charge >= 0.3 is 5.97 Å². The van der Waals surface area contributed by atoms with Gasteiger partial charge in [-0.15, -0.1) is 0 Å². The molecule has 0 unspecified atom stereocenters. The van der Waals surface area contributed by atoms with Crippen molar-refractivity contribution in [1.29, 1.82) is 0 Å². The van der Waals surface area contributed by atoms with Crippen LogP contribution >= 0.6 is 0 Å². The minimum atomic E-state index is -0.528. The zero-order chi connectivity index (χ0) is 20.8. The maximum atomic E-state index is 12.1. The quantitative estimate of drug-likeness (QED) is 0.319. The van der Waals surface area contributed by atoms with Crippen LogP contribution in [0.15, 0.2) is 82.0 Å². The first kappa shape index (κ1) is 19.3. The van der Waals surface area contributed by atoms with Crippen molar-refractivity contribution >= 4 is 17.9 Å². The first-order chi connectivity index (χ1) is 14.7. The predicted octanol–water partition coefficient (Wildman–Crippen LogP) is 4.09. The Labute approximate surface area is 173 Å². The summed E-state index contributed by atoms with van der Waals surface area (Å²) in [6, 6.07) is 18.1. The highest BCUT2D eigenvalue weighted by Gasteiger charge is 2.25. The van der Waals surface area contributed by atoms with Crippen LogP contribution in [0.1, 0.15) is 11.3 Å². The van der Waals surface area contributed by atoms with E-state index < -0.39 is 5.97 Å². The summed E-state index contributed by atoms with van der Waals surface area (Å²) in [6.07, 6.45) is 3.13. The maximum Gasteiger partial charge on any atom is 0.363 e. The Balaban J connectivity index is 1.36. The summed E-state index contributed by atoms with van der Waals surface area (Å²) in [5, 5.41) is 0. The summed E-state index contributed by atoms with van der Waals surface area (Å²) in [5.74, 6) is 2.12. The van der Waals surface area contributed by atoms with Crippen LogP contribution in [0.4, 0.5) is 0 Å². The van der Waals surface area contributed by atoms with Crippen LogP contribution in [0.25, 0.3) is 6.08 Å². The van der Waals surface area contributed by atoms with Gasteiger partial charge in [-0.2, -0.15) is 0 Å². The summed E-state index contributed by atoms with van der Waals surface area (Å²) in [4.78, 5) is 16.3. The van der Waals surface area contributed by atoms with Gasteiger partial charge in [-0.05, 0) is 48.0 Å². The summed E-state index contributed by atoms with van der Waals surface area (Å²) >= 11 is 0. The number of esters is 1. The third-order valence-corrected chi connectivity index (χ3v) is 4.18. The molecule has 2 aromatic carbocycles. The second kappa shape index (κ2) is 9.00. The normalized spacial score (nSPS) is 14.4. The van der Waals surface area contributed by atoms with Gasteiger partial charge in [-0.25, -0.2) is 9.79 Å². The molecule has 2 heterocycles. The van der Waals surface area contributed by atoms with Crippen molar-refractivity contribution in [2.24, 2.45) is 4.99 Å². The molecule has 3 aromatic rings. The van der Waals surface area contributed by atoms with E-state index >= 15 is 0 Å². The lowest BCUT2D eigenvalue weighted by atomic mass is 10.2. The molecule has 7 heteroatoms. The number of rotatable bonds is 8. The van der Waals surface area contributed by atoms with Gasteiger partial charge in [0, 0.05) is 6.07 Å². The lowest BCUT2D eigenvalue weighted by molar-refractivity contribution is -0.130. The molecule has 0 amide bonds. The van der Waals surface area contributed by atoms with Crippen LogP contribution in [0, 0.1) is 0 Å². The van der Waals surface area contributed by atoms with Gasteiger partial charge in [0.15, 0.2) is 11.5 Å². The van der Waals surface area contributed by atoms with E-state index in [0.717, 1.165) is 11.3 Å². The molecule has 0 fully saturated rings. The molecule has 0 saturated heterocycles. The van der Waals surface area contributed by atoms with Crippen molar-refractivity contribution < 1.29 is 28.2 Å². The highest BCUT2D eigenvalue weighted by molar-refractivity contribution is 6.11. The Morgan fingerprint density at radius 3 is 2.40 bits per heavy atom. The fourth-order valence-electron chi connectivity index (χ4n) is 2.78. The molecule has 1 aromatic heterocycles. The molecule has 0 atom stereocenters. The Bertz CT molecular complexity index is 1080. The fraction of sp³-hybridized carbons (Fsp3) is 0.130. The van der Waals surface area contributed by atoms with Crippen molar-refractivity contribution in [1.82, 2.24) is 0 Å². The first-order valence-corrected chi connectivity index (χ1v) is 9.27. The molecule has 4 rings (SSSR count). The smallest absolute Gasteiger partial charge is 0.363 e. The van der Waals surface area contributed by atoms with Crippen LogP contribution in [0.3, 0.4) is 0 Å². The largest absolute Gasteiger partial charge is 0.497 e. The Morgan fingerprint density at radius 2 is 1.67 bits per heavy atom. The third-order valence-electron chi connectivity index (χ3n) is 4.18. The van der Waals surface area contributed by atoms with Crippen LogP contribution in [-0.2, 0) is 9.53 Å². The minimum Gasteiger partial charge on any atom is -0.497 e. The van der Waals surface area contributed by atoms with Crippen molar-refractivity contribution in [3.8, 4) is 17.2 Å². The zero-order valence-corrected chi connectivity index (χ0v) is 16.2. The highest BCUT2D eigenvalue weighted by Crippen LogP contribution is 2.22. The van der Waals surface area contributed by atoms with Gasteiger partial charge in [-0.3, -0.25) is 0 Å². The number of hydrogen-bond acceptors (Lipinski definition) is 7. The van der Waals surface area contributed by atoms with E-state index in [0.29, 0.717) is 30.5 Å². The molecule has 0 N–H and O–H groups in total. The van der Waals surface area contributed by atoms with Gasteiger partial charge in [0.05, 0.1) is 13.4 Å². The number of carbonyl (C=O) groups is 1. The van der Waals surface area contributed by atoms with Crippen LogP contribution in [-0.4, -0.2) is 32.2 Å². The van der Waals surface area contributed by atoms with Gasteiger partial charge < -0.3 is 23.4 Å². The molecule has 0 radical (unpaired) electrons. The molecular formula is C23H19NO6. The lowest BCUT2D eigenvalue weighted by Crippen LogP contribution is -2.09. The Hall–Kier alpha value is -4.00. The van der Waals surface area contributed by atoms with Gasteiger partial charge in [0.1, 0.15) is 30.5 Å². The minimum absolute atomic E-state index is 0.151. The van der Waals surface area contributed by atoms with Crippen LogP contribution < -0.4 is 14.2 Å². The third kappa shape index (κ3) is 4.70. The second-order valence-corrected chi connectivity index (χ2v) is 6.26. The standard InChI is InChI=1S/C23H19NO6/c1-26-17-6-3-8-19(15-17)28-12-11-27-18-7-2-5-16(13-18)14-20-23(25)30-22(24-20)21-9-4-10-29-21/h2-10,13-15H,11-12H2,1H3/b20-14+. The predicted molar refractivity (Wildman–Crippen MR) is 110 cm³/mol. The Kier molecular flexibility index (Phi) is 5.80. The molecule has 0 spiro atoms. The second-order valence-electron chi connectivity index (χ2n) is 6.26. The van der Waals surface area contributed by atoms with E-state index in [2.05, 4.69) is 4.99 Å². The average Bonchev–Trinajstić information content (AvgIpc) is 3.42. The summed E-state index contributed by atoms with van der Waals surface area (Å²) in [6.45, 7) is 0.738. The van der Waals surface area contributed by atoms with E-state index in [1.807, 2.05) is 48.5 Å². The lowest BCUT2D eigenvalue weighted by Gasteiger charge is -2.09.